The summed E-state index contributed by atoms with van der Waals surface area (Å²) in [5.41, 5.74) is 5.99. The van der Waals surface area contributed by atoms with Gasteiger partial charge < -0.3 is 18.5 Å². The number of hydrazone groups is 1. The standard InChI is InChI=1S/C21H23N3O4/c1-14-8-17(15(2)24(14)13-18-6-5-7-28-18)12-22-23-21(25)16-9-19(26-3)11-20(10-16)27-4/h5-12H,13H2,1-4H3,(H,23,25)/b22-12-. The Morgan fingerprint density at radius 3 is 2.50 bits per heavy atom. The average molecular weight is 381 g/mol. The van der Waals surface area contributed by atoms with Crippen LogP contribution in [0.25, 0.3) is 0 Å². The number of nitrogens with zero attached hydrogens (tertiary/aromatic N) is 2. The van der Waals surface area contributed by atoms with Gasteiger partial charge in [0.15, 0.2) is 0 Å². The Labute approximate surface area is 163 Å². The second-order valence-corrected chi connectivity index (χ2v) is 6.29. The summed E-state index contributed by atoms with van der Waals surface area (Å²) in [5.74, 6) is 1.60. The van der Waals surface area contributed by atoms with Gasteiger partial charge in [0, 0.05) is 28.6 Å². The molecule has 1 amide bonds. The van der Waals surface area contributed by atoms with Gasteiger partial charge >= 0.3 is 0 Å². The number of hydrogen-bond acceptors (Lipinski definition) is 5. The molecule has 2 aromatic heterocycles. The minimum absolute atomic E-state index is 0.349. The fourth-order valence-electron chi connectivity index (χ4n) is 2.92. The molecule has 7 nitrogen and oxygen atoms in total. The number of carbonyl (C=O) groups excluding carboxylic acids is 1. The van der Waals surface area contributed by atoms with Crippen molar-refractivity contribution in [1.82, 2.24) is 9.99 Å². The first-order valence-corrected chi connectivity index (χ1v) is 8.77. The highest BCUT2D eigenvalue weighted by Crippen LogP contribution is 2.22. The van der Waals surface area contributed by atoms with Gasteiger partial charge in [-0.25, -0.2) is 5.43 Å². The molecule has 2 heterocycles. The number of amides is 1. The highest BCUT2D eigenvalue weighted by Gasteiger charge is 2.11. The van der Waals surface area contributed by atoms with Crippen molar-refractivity contribution in [3.63, 3.8) is 0 Å². The molecule has 1 aromatic carbocycles. The molecule has 0 saturated heterocycles. The number of rotatable bonds is 7. The van der Waals surface area contributed by atoms with E-state index in [1.807, 2.05) is 32.0 Å². The smallest absolute Gasteiger partial charge is 0.271 e. The molecule has 0 atom stereocenters. The number of methoxy groups -OCH3 is 2. The van der Waals surface area contributed by atoms with Gasteiger partial charge in [-0.2, -0.15) is 5.10 Å². The van der Waals surface area contributed by atoms with Crippen LogP contribution in [0, 0.1) is 13.8 Å². The summed E-state index contributed by atoms with van der Waals surface area (Å²) in [6.45, 7) is 4.68. The number of ether oxygens (including phenoxy) is 2. The van der Waals surface area contributed by atoms with Gasteiger partial charge in [-0.15, -0.1) is 0 Å². The van der Waals surface area contributed by atoms with Crippen LogP contribution in [0.2, 0.25) is 0 Å². The highest BCUT2D eigenvalue weighted by atomic mass is 16.5. The van der Waals surface area contributed by atoms with Crippen molar-refractivity contribution < 1.29 is 18.7 Å². The lowest BCUT2D eigenvalue weighted by Gasteiger charge is -2.07. The first kappa shape index (κ1) is 19.3. The van der Waals surface area contributed by atoms with Crippen LogP contribution in [-0.4, -0.2) is 30.9 Å². The van der Waals surface area contributed by atoms with E-state index in [0.29, 0.717) is 23.6 Å². The predicted molar refractivity (Wildman–Crippen MR) is 106 cm³/mol. The minimum atomic E-state index is -0.349. The first-order chi connectivity index (χ1) is 13.5. The molecule has 0 radical (unpaired) electrons. The third-order valence-electron chi connectivity index (χ3n) is 4.49. The van der Waals surface area contributed by atoms with Gasteiger partial charge in [0.25, 0.3) is 5.91 Å². The summed E-state index contributed by atoms with van der Waals surface area (Å²) < 4.78 is 17.9. The van der Waals surface area contributed by atoms with Crippen molar-refractivity contribution in [2.45, 2.75) is 20.4 Å². The number of furan rings is 1. The van der Waals surface area contributed by atoms with Crippen LogP contribution >= 0.6 is 0 Å². The Kier molecular flexibility index (Phi) is 5.84. The van der Waals surface area contributed by atoms with Gasteiger partial charge in [0.1, 0.15) is 17.3 Å². The monoisotopic (exact) mass is 381 g/mol. The summed E-state index contributed by atoms with van der Waals surface area (Å²) in [6.07, 6.45) is 3.30. The molecule has 3 rings (SSSR count). The lowest BCUT2D eigenvalue weighted by molar-refractivity contribution is 0.0954. The van der Waals surface area contributed by atoms with E-state index in [1.54, 1.807) is 30.7 Å². The molecule has 0 fully saturated rings. The zero-order valence-electron chi connectivity index (χ0n) is 16.4. The van der Waals surface area contributed by atoms with Crippen molar-refractivity contribution in [2.75, 3.05) is 14.2 Å². The van der Waals surface area contributed by atoms with Gasteiger partial charge in [0.05, 0.1) is 33.2 Å². The topological polar surface area (TPSA) is 78.0 Å². The molecule has 0 aliphatic heterocycles. The average Bonchev–Trinajstić information content (AvgIpc) is 3.31. The summed E-state index contributed by atoms with van der Waals surface area (Å²) in [6, 6.07) is 10.8. The van der Waals surface area contributed by atoms with Gasteiger partial charge in [-0.3, -0.25) is 4.79 Å². The number of hydrogen-bond donors (Lipinski definition) is 1. The van der Waals surface area contributed by atoms with Gasteiger partial charge in [-0.1, -0.05) is 0 Å². The summed E-state index contributed by atoms with van der Waals surface area (Å²) >= 11 is 0. The molecule has 0 unspecified atom stereocenters. The van der Waals surface area contributed by atoms with E-state index in [9.17, 15) is 4.79 Å². The van der Waals surface area contributed by atoms with E-state index >= 15 is 0 Å². The van der Waals surface area contributed by atoms with Crippen molar-refractivity contribution in [1.29, 1.82) is 0 Å². The Morgan fingerprint density at radius 2 is 1.89 bits per heavy atom. The lowest BCUT2D eigenvalue weighted by Crippen LogP contribution is -2.17. The Bertz CT molecular complexity index is 965. The van der Waals surface area contributed by atoms with E-state index in [-0.39, 0.29) is 5.91 Å². The SMILES string of the molecule is COc1cc(OC)cc(C(=O)N/N=C\c2cc(C)n(Cc3ccco3)c2C)c1. The van der Waals surface area contributed by atoms with E-state index in [4.69, 9.17) is 13.9 Å². The van der Waals surface area contributed by atoms with E-state index < -0.39 is 0 Å². The van der Waals surface area contributed by atoms with E-state index in [2.05, 4.69) is 15.1 Å². The van der Waals surface area contributed by atoms with Crippen molar-refractivity contribution in [2.24, 2.45) is 5.10 Å². The quantitative estimate of drug-likeness (QED) is 0.502. The van der Waals surface area contributed by atoms with E-state index in [0.717, 1.165) is 22.7 Å². The zero-order valence-corrected chi connectivity index (χ0v) is 16.4. The van der Waals surface area contributed by atoms with Crippen molar-refractivity contribution in [3.8, 4) is 11.5 Å². The number of nitrogens with one attached hydrogen (secondary N) is 1. The fraction of sp³-hybridized carbons (Fsp3) is 0.238. The van der Waals surface area contributed by atoms with Crippen LogP contribution in [0.15, 0.2) is 52.2 Å². The number of aryl methyl sites for hydroxylation is 1. The summed E-state index contributed by atoms with van der Waals surface area (Å²) in [4.78, 5) is 12.4. The molecule has 0 saturated carbocycles. The fourth-order valence-corrected chi connectivity index (χ4v) is 2.92. The molecule has 0 spiro atoms. The molecule has 146 valence electrons. The van der Waals surface area contributed by atoms with Crippen molar-refractivity contribution in [3.05, 3.63) is 70.9 Å². The largest absolute Gasteiger partial charge is 0.497 e. The maximum absolute atomic E-state index is 12.4. The molecule has 28 heavy (non-hydrogen) atoms. The van der Waals surface area contributed by atoms with Crippen molar-refractivity contribution >= 4 is 12.1 Å². The van der Waals surface area contributed by atoms with Crippen LogP contribution < -0.4 is 14.9 Å². The molecule has 1 N–H and O–H groups in total. The van der Waals surface area contributed by atoms with Crippen LogP contribution in [-0.2, 0) is 6.54 Å². The molecule has 0 bridgehead atoms. The highest BCUT2D eigenvalue weighted by molar-refractivity contribution is 5.95. The minimum Gasteiger partial charge on any atom is -0.497 e. The van der Waals surface area contributed by atoms with Crippen LogP contribution in [0.4, 0.5) is 0 Å². The van der Waals surface area contributed by atoms with Crippen LogP contribution in [0.1, 0.15) is 33.1 Å². The lowest BCUT2D eigenvalue weighted by atomic mass is 10.2. The molecular formula is C21H23N3O4. The first-order valence-electron chi connectivity index (χ1n) is 8.77. The summed E-state index contributed by atoms with van der Waals surface area (Å²) in [7, 11) is 3.07. The van der Waals surface area contributed by atoms with Gasteiger partial charge in [-0.05, 0) is 44.2 Å². The normalized spacial score (nSPS) is 11.0. The number of carbonyl (C=O) groups is 1. The maximum Gasteiger partial charge on any atom is 0.271 e. The van der Waals surface area contributed by atoms with E-state index in [1.165, 1.54) is 14.2 Å². The third-order valence-corrected chi connectivity index (χ3v) is 4.49. The Balaban J connectivity index is 1.72. The third kappa shape index (κ3) is 4.25. The molecule has 3 aromatic rings. The molecule has 7 heteroatoms. The Hall–Kier alpha value is -3.48. The number of aromatic nitrogens is 1. The maximum atomic E-state index is 12.4. The van der Waals surface area contributed by atoms with Crippen LogP contribution in [0.5, 0.6) is 11.5 Å². The Morgan fingerprint density at radius 1 is 1.18 bits per heavy atom. The number of benzene rings is 1. The molecule has 0 aliphatic rings. The second kappa shape index (κ2) is 8.47. The molecule has 0 aliphatic carbocycles. The second-order valence-electron chi connectivity index (χ2n) is 6.29. The zero-order chi connectivity index (χ0) is 20.1. The summed E-state index contributed by atoms with van der Waals surface area (Å²) in [5, 5.41) is 4.10. The molecular weight excluding hydrogens is 358 g/mol. The van der Waals surface area contributed by atoms with Gasteiger partial charge in [0.2, 0.25) is 0 Å². The van der Waals surface area contributed by atoms with Crippen LogP contribution in [0.3, 0.4) is 0 Å². The predicted octanol–water partition coefficient (Wildman–Crippen LogP) is 3.53.